The number of rotatable bonds is 7. The van der Waals surface area contributed by atoms with Crippen LogP contribution in [0, 0.1) is 0 Å². The number of hydrogen-bond donors (Lipinski definition) is 1. The predicted molar refractivity (Wildman–Crippen MR) is 94.5 cm³/mol. The van der Waals surface area contributed by atoms with Gasteiger partial charge in [-0.15, -0.1) is 0 Å². The third-order valence-corrected chi connectivity index (χ3v) is 6.07. The van der Waals surface area contributed by atoms with Crippen LogP contribution >= 0.6 is 0 Å². The average molecular weight is 372 g/mol. The van der Waals surface area contributed by atoms with Gasteiger partial charge in [0, 0.05) is 38.8 Å². The summed E-state index contributed by atoms with van der Waals surface area (Å²) in [6.45, 7) is -0.0988. The second-order valence-electron chi connectivity index (χ2n) is 5.37. The van der Waals surface area contributed by atoms with Crippen LogP contribution in [0.25, 0.3) is 10.9 Å². The first-order valence-corrected chi connectivity index (χ1v) is 10.4. The van der Waals surface area contributed by atoms with Crippen molar-refractivity contribution < 1.29 is 16.8 Å². The zero-order chi connectivity index (χ0) is 18.0. The maximum absolute atomic E-state index is 12.2. The van der Waals surface area contributed by atoms with Crippen molar-refractivity contribution in [2.75, 3.05) is 37.7 Å². The Labute approximate surface area is 142 Å². The van der Waals surface area contributed by atoms with Crippen molar-refractivity contribution in [3.05, 3.63) is 36.5 Å². The summed E-state index contributed by atoms with van der Waals surface area (Å²) in [5, 5.41) is 0.803. The van der Waals surface area contributed by atoms with Crippen LogP contribution in [0.4, 0.5) is 5.69 Å². The Balaban J connectivity index is 2.33. The van der Waals surface area contributed by atoms with Crippen molar-refractivity contribution >= 4 is 36.8 Å². The van der Waals surface area contributed by atoms with Crippen LogP contribution in [0.5, 0.6) is 0 Å². The van der Waals surface area contributed by atoms with Crippen LogP contribution in [-0.2, 0) is 20.2 Å². The normalized spacial score (nSPS) is 12.7. The highest BCUT2D eigenvalue weighted by Crippen LogP contribution is 2.26. The fourth-order valence-electron chi connectivity index (χ4n) is 2.16. The first kappa shape index (κ1) is 18.6. The maximum Gasteiger partial charge on any atom is 0.278 e. The van der Waals surface area contributed by atoms with E-state index in [0.717, 1.165) is 20.3 Å². The lowest BCUT2D eigenvalue weighted by atomic mass is 10.2. The molecular formula is C14H20N4O4S2. The summed E-state index contributed by atoms with van der Waals surface area (Å²) in [7, 11) is -4.43. The molecule has 1 N–H and O–H groups in total. The van der Waals surface area contributed by atoms with Crippen LogP contribution in [0.15, 0.2) is 36.5 Å². The van der Waals surface area contributed by atoms with Crippen LogP contribution in [0.1, 0.15) is 0 Å². The Kier molecular flexibility index (Phi) is 5.43. The van der Waals surface area contributed by atoms with E-state index in [0.29, 0.717) is 11.2 Å². The Bertz CT molecular complexity index is 921. The average Bonchev–Trinajstić information content (AvgIpc) is 2.50. The summed E-state index contributed by atoms with van der Waals surface area (Å²) in [5.74, 6) is 0. The Hall–Kier alpha value is -1.75. The summed E-state index contributed by atoms with van der Waals surface area (Å²) in [4.78, 5) is 4.25. The van der Waals surface area contributed by atoms with Crippen LogP contribution in [0.3, 0.4) is 0 Å². The highest BCUT2D eigenvalue weighted by molar-refractivity contribution is 7.92. The maximum atomic E-state index is 12.2. The van der Waals surface area contributed by atoms with Gasteiger partial charge in [-0.25, -0.2) is 13.1 Å². The van der Waals surface area contributed by atoms with Crippen molar-refractivity contribution in [2.24, 2.45) is 0 Å². The largest absolute Gasteiger partial charge is 0.278 e. The fourth-order valence-corrected chi connectivity index (χ4v) is 3.69. The molecule has 0 saturated heterocycles. The fraction of sp³-hybridized carbons (Fsp3) is 0.357. The minimum absolute atomic E-state index is 0.0401. The van der Waals surface area contributed by atoms with Crippen LogP contribution in [0.2, 0.25) is 0 Å². The Morgan fingerprint density at radius 2 is 1.75 bits per heavy atom. The van der Waals surface area contributed by atoms with E-state index >= 15 is 0 Å². The lowest BCUT2D eigenvalue weighted by Gasteiger charge is -2.24. The standard InChI is InChI=1S/C14H20N4O4S2/c1-17(2)24(21,22)16-10-11-18(23(3,19)20)13-8-4-6-12-7-5-9-15-14(12)13/h4-9,16H,10-11H2,1-3H3. The van der Waals surface area contributed by atoms with E-state index in [9.17, 15) is 16.8 Å². The summed E-state index contributed by atoms with van der Waals surface area (Å²) in [5.41, 5.74) is 0.959. The minimum Gasteiger partial charge on any atom is -0.267 e. The number of pyridine rings is 1. The van der Waals surface area contributed by atoms with E-state index in [1.807, 2.05) is 12.1 Å². The van der Waals surface area contributed by atoms with Gasteiger partial charge in [0.2, 0.25) is 10.0 Å². The summed E-state index contributed by atoms with van der Waals surface area (Å²) in [6.07, 6.45) is 2.66. The molecule has 132 valence electrons. The van der Waals surface area contributed by atoms with Gasteiger partial charge in [0.15, 0.2) is 0 Å². The molecule has 2 aromatic rings. The van der Waals surface area contributed by atoms with E-state index in [-0.39, 0.29) is 13.1 Å². The molecule has 0 bridgehead atoms. The van der Waals surface area contributed by atoms with Crippen LogP contribution in [-0.4, -0.2) is 59.6 Å². The van der Waals surface area contributed by atoms with Gasteiger partial charge in [0.25, 0.3) is 10.2 Å². The topological polar surface area (TPSA) is 99.7 Å². The van der Waals surface area contributed by atoms with E-state index in [1.165, 1.54) is 14.1 Å². The third kappa shape index (κ3) is 4.20. The van der Waals surface area contributed by atoms with Gasteiger partial charge in [-0.2, -0.15) is 12.7 Å². The summed E-state index contributed by atoms with van der Waals surface area (Å²) < 4.78 is 52.4. The number of benzene rings is 1. The molecule has 0 saturated carbocycles. The molecule has 1 aromatic carbocycles. The molecule has 1 aromatic heterocycles. The molecule has 0 spiro atoms. The van der Waals surface area contributed by atoms with Gasteiger partial charge in [0.1, 0.15) is 0 Å². The van der Waals surface area contributed by atoms with Gasteiger partial charge in [-0.05, 0) is 12.1 Å². The lowest BCUT2D eigenvalue weighted by molar-refractivity contribution is 0.506. The summed E-state index contributed by atoms with van der Waals surface area (Å²) >= 11 is 0. The van der Waals surface area contributed by atoms with E-state index < -0.39 is 20.2 Å². The Morgan fingerprint density at radius 1 is 1.08 bits per heavy atom. The smallest absolute Gasteiger partial charge is 0.267 e. The number of para-hydroxylation sites is 1. The number of sulfonamides is 1. The Morgan fingerprint density at radius 3 is 2.38 bits per heavy atom. The molecule has 0 aliphatic heterocycles. The molecule has 0 amide bonds. The quantitative estimate of drug-likeness (QED) is 0.758. The van der Waals surface area contributed by atoms with E-state index in [4.69, 9.17) is 0 Å². The molecule has 24 heavy (non-hydrogen) atoms. The number of fused-ring (bicyclic) bond motifs is 1. The first-order valence-electron chi connectivity index (χ1n) is 7.11. The second kappa shape index (κ2) is 7.01. The monoisotopic (exact) mass is 372 g/mol. The van der Waals surface area contributed by atoms with Crippen molar-refractivity contribution in [1.82, 2.24) is 14.0 Å². The molecule has 0 aliphatic carbocycles. The van der Waals surface area contributed by atoms with Gasteiger partial charge in [0.05, 0.1) is 17.5 Å². The number of nitrogens with zero attached hydrogens (tertiary/aromatic N) is 3. The van der Waals surface area contributed by atoms with Crippen molar-refractivity contribution in [3.8, 4) is 0 Å². The molecule has 0 unspecified atom stereocenters. The molecule has 0 atom stereocenters. The predicted octanol–water partition coefficient (Wildman–Crippen LogP) is 0.397. The van der Waals surface area contributed by atoms with Crippen molar-refractivity contribution in [2.45, 2.75) is 0 Å². The molecule has 0 aliphatic rings. The zero-order valence-corrected chi connectivity index (χ0v) is 15.3. The van der Waals surface area contributed by atoms with Crippen LogP contribution < -0.4 is 9.03 Å². The molecule has 8 nitrogen and oxygen atoms in total. The highest BCUT2D eigenvalue weighted by atomic mass is 32.2. The van der Waals surface area contributed by atoms with E-state index in [2.05, 4.69) is 9.71 Å². The third-order valence-electron chi connectivity index (χ3n) is 3.36. The molecule has 1 heterocycles. The molecule has 0 radical (unpaired) electrons. The van der Waals surface area contributed by atoms with Crippen molar-refractivity contribution in [3.63, 3.8) is 0 Å². The van der Waals surface area contributed by atoms with Gasteiger partial charge < -0.3 is 0 Å². The number of anilines is 1. The number of hydrogen-bond acceptors (Lipinski definition) is 5. The molecular weight excluding hydrogens is 352 g/mol. The first-order chi connectivity index (χ1) is 11.1. The van der Waals surface area contributed by atoms with Crippen molar-refractivity contribution in [1.29, 1.82) is 0 Å². The minimum atomic E-state index is -3.62. The van der Waals surface area contributed by atoms with Gasteiger partial charge in [-0.3, -0.25) is 9.29 Å². The van der Waals surface area contributed by atoms with E-state index in [1.54, 1.807) is 24.4 Å². The van der Waals surface area contributed by atoms with Gasteiger partial charge >= 0.3 is 0 Å². The number of aromatic nitrogens is 1. The lowest BCUT2D eigenvalue weighted by Crippen LogP contribution is -2.42. The molecule has 10 heteroatoms. The van der Waals surface area contributed by atoms with Gasteiger partial charge in [-0.1, -0.05) is 18.2 Å². The highest BCUT2D eigenvalue weighted by Gasteiger charge is 2.21. The molecule has 0 fully saturated rings. The zero-order valence-electron chi connectivity index (χ0n) is 13.7. The number of nitrogens with one attached hydrogen (secondary N) is 1. The molecule has 2 rings (SSSR count). The second-order valence-corrected chi connectivity index (χ2v) is 9.25. The summed E-state index contributed by atoms with van der Waals surface area (Å²) in [6, 6.07) is 8.82. The SMILES string of the molecule is CN(C)S(=O)(=O)NCCN(c1cccc2cccnc12)S(C)(=O)=O.